The van der Waals surface area contributed by atoms with E-state index in [0.29, 0.717) is 0 Å². The fraction of sp³-hybridized carbons (Fsp3) is 0.0732. The van der Waals surface area contributed by atoms with Gasteiger partial charge < -0.3 is 10.8 Å². The zero-order chi connectivity index (χ0) is 32.2. The van der Waals surface area contributed by atoms with E-state index in [0.717, 1.165) is 35.8 Å². The smallest absolute Gasteiger partial charge is 0.113 e. The highest BCUT2D eigenvalue weighted by atomic mass is 16.2. The van der Waals surface area contributed by atoms with Crippen molar-refractivity contribution in [2.75, 3.05) is 12.8 Å². The lowest BCUT2D eigenvalue weighted by Crippen LogP contribution is -1.99. The molecule has 5 rings (SSSR count). The van der Waals surface area contributed by atoms with E-state index >= 15 is 0 Å². The summed E-state index contributed by atoms with van der Waals surface area (Å²) in [5.74, 6) is 0. The van der Waals surface area contributed by atoms with Gasteiger partial charge in [0.2, 0.25) is 0 Å². The van der Waals surface area contributed by atoms with Gasteiger partial charge in [-0.15, -0.1) is 19.7 Å². The maximum absolute atomic E-state index is 7.00. The van der Waals surface area contributed by atoms with Gasteiger partial charge in [0.1, 0.15) is 7.85 Å². The van der Waals surface area contributed by atoms with Crippen LogP contribution in [0.1, 0.15) is 13.3 Å². The molecule has 0 amide bonds. The Balaban J connectivity index is 0.000000486. The van der Waals surface area contributed by atoms with Crippen LogP contribution in [0.5, 0.6) is 0 Å². The average Bonchev–Trinajstić information content (AvgIpc) is 3.10. The molecule has 0 saturated carbocycles. The van der Waals surface area contributed by atoms with E-state index in [-0.39, 0.29) is 0 Å². The molecule has 0 atom stereocenters. The summed E-state index contributed by atoms with van der Waals surface area (Å²) in [6.45, 7) is 11.6. The third-order valence-electron chi connectivity index (χ3n) is 6.51. The zero-order valence-electron chi connectivity index (χ0n) is 25.9. The topological polar surface area (TPSA) is 46.2 Å². The second-order valence-corrected chi connectivity index (χ2v) is 9.46. The summed E-state index contributed by atoms with van der Waals surface area (Å²) >= 11 is 0. The average molecular weight is 576 g/mol. The molecule has 0 saturated heterocycles. The van der Waals surface area contributed by atoms with Crippen LogP contribution >= 0.6 is 0 Å². The van der Waals surface area contributed by atoms with Crippen LogP contribution in [-0.2, 0) is 0 Å². The lowest BCUT2D eigenvalue weighted by Gasteiger charge is -2.09. The molecule has 0 aliphatic heterocycles. The predicted octanol–water partition coefficient (Wildman–Crippen LogP) is 9.84. The summed E-state index contributed by atoms with van der Waals surface area (Å²) in [7, 11) is 6.83. The molecule has 5 aromatic carbocycles. The lowest BCUT2D eigenvalue weighted by atomic mass is 9.92. The summed E-state index contributed by atoms with van der Waals surface area (Å²) in [5.41, 5.74) is 16.9. The minimum Gasteiger partial charge on any atom is -0.400 e. The molecule has 0 fully saturated rings. The Labute approximate surface area is 265 Å². The standard InChI is InChI=1S/C30H22BN.C8H12.C2H4.CH4O/c31-29-15-11-23(12-16-29)27-5-1-3-25(19-27)21-7-9-22(10-8-21)26-4-2-6-28(20-26)24-13-17-30(32)18-14-24;1-3-5-7-8-6-4-2;2*1-2/h1-20H,32H2;3-4,6-8H,1,5H2,2H3;1-2H2;2H,1H3/b;6-4+,8-7+;;. The van der Waals surface area contributed by atoms with Crippen LogP contribution in [0, 0.1) is 0 Å². The van der Waals surface area contributed by atoms with Crippen LogP contribution in [0.25, 0.3) is 44.5 Å². The SMILES string of the molecule is C=C.C=CC/C=C/C=C/C.CO.[B]c1ccc(-c2cccc(-c3ccc(-c4cccc(-c5ccc(N)cc5)c4)cc3)c2)cc1. The van der Waals surface area contributed by atoms with Crippen molar-refractivity contribution in [2.24, 2.45) is 0 Å². The second kappa shape index (κ2) is 19.9. The first-order valence-electron chi connectivity index (χ1n) is 14.4. The number of allylic oxidation sites excluding steroid dienone is 5. The molecule has 44 heavy (non-hydrogen) atoms. The predicted molar refractivity (Wildman–Crippen MR) is 196 cm³/mol. The van der Waals surface area contributed by atoms with Crippen molar-refractivity contribution in [3.8, 4) is 44.5 Å². The largest absolute Gasteiger partial charge is 0.400 e. The maximum atomic E-state index is 7.00. The Morgan fingerprint density at radius 3 is 1.32 bits per heavy atom. The van der Waals surface area contributed by atoms with E-state index in [1.807, 2.05) is 55.5 Å². The molecule has 3 N–H and O–H groups in total. The third-order valence-corrected chi connectivity index (χ3v) is 6.51. The number of benzene rings is 5. The molecule has 0 bridgehead atoms. The van der Waals surface area contributed by atoms with Crippen molar-refractivity contribution >= 4 is 19.0 Å². The van der Waals surface area contributed by atoms with Gasteiger partial charge >= 0.3 is 0 Å². The van der Waals surface area contributed by atoms with E-state index in [1.165, 1.54) is 33.4 Å². The van der Waals surface area contributed by atoms with Crippen LogP contribution in [0.15, 0.2) is 171 Å². The van der Waals surface area contributed by atoms with Gasteiger partial charge in [0.25, 0.3) is 0 Å². The number of hydrogen-bond donors (Lipinski definition) is 2. The number of nitrogen functional groups attached to an aromatic ring is 1. The Hall–Kier alpha value is -5.12. The molecule has 5 aromatic rings. The van der Waals surface area contributed by atoms with E-state index in [9.17, 15) is 0 Å². The van der Waals surface area contributed by atoms with E-state index in [2.05, 4.69) is 123 Å². The molecule has 0 aliphatic carbocycles. The Morgan fingerprint density at radius 2 is 0.955 bits per heavy atom. The summed E-state index contributed by atoms with van der Waals surface area (Å²) in [4.78, 5) is 0. The quantitative estimate of drug-likeness (QED) is 0.0878. The van der Waals surface area contributed by atoms with Crippen LogP contribution in [0.3, 0.4) is 0 Å². The number of hydrogen-bond acceptors (Lipinski definition) is 2. The van der Waals surface area contributed by atoms with Crippen molar-refractivity contribution < 1.29 is 5.11 Å². The summed E-state index contributed by atoms with van der Waals surface area (Å²) in [6, 6.07) is 42.0. The Bertz CT molecular complexity index is 1490. The Morgan fingerprint density at radius 1 is 0.591 bits per heavy atom. The highest BCUT2D eigenvalue weighted by Crippen LogP contribution is 2.30. The van der Waals surface area contributed by atoms with Gasteiger partial charge in [0.15, 0.2) is 0 Å². The summed E-state index contributed by atoms with van der Waals surface area (Å²) in [5, 5.41) is 7.00. The number of nitrogens with two attached hydrogens (primary N) is 1. The molecule has 0 aromatic heterocycles. The van der Waals surface area contributed by atoms with E-state index < -0.39 is 0 Å². The second-order valence-electron chi connectivity index (χ2n) is 9.46. The summed E-state index contributed by atoms with van der Waals surface area (Å²) in [6.07, 6.45) is 10.9. The van der Waals surface area contributed by atoms with Crippen molar-refractivity contribution in [1.29, 1.82) is 0 Å². The van der Waals surface area contributed by atoms with Crippen LogP contribution in [-0.4, -0.2) is 20.1 Å². The minimum atomic E-state index is 0.779. The highest BCUT2D eigenvalue weighted by molar-refractivity contribution is 6.32. The molecular weight excluding hydrogens is 533 g/mol. The van der Waals surface area contributed by atoms with Gasteiger partial charge in [-0.2, -0.15) is 0 Å². The maximum Gasteiger partial charge on any atom is 0.113 e. The van der Waals surface area contributed by atoms with Crippen molar-refractivity contribution in [3.05, 3.63) is 171 Å². The van der Waals surface area contributed by atoms with Gasteiger partial charge in [-0.1, -0.05) is 133 Å². The zero-order valence-corrected chi connectivity index (χ0v) is 25.9. The lowest BCUT2D eigenvalue weighted by molar-refractivity contribution is 0.399. The van der Waals surface area contributed by atoms with Gasteiger partial charge in [0.05, 0.1) is 0 Å². The third kappa shape index (κ3) is 10.9. The molecule has 220 valence electrons. The number of aliphatic hydroxyl groups excluding tert-OH is 1. The first kappa shape index (κ1) is 35.1. The monoisotopic (exact) mass is 575 g/mol. The van der Waals surface area contributed by atoms with Gasteiger partial charge in [-0.3, -0.25) is 0 Å². The first-order chi connectivity index (χ1) is 21.6. The van der Waals surface area contributed by atoms with E-state index in [4.69, 9.17) is 18.7 Å². The van der Waals surface area contributed by atoms with Gasteiger partial charge in [-0.05, 0) is 82.1 Å². The van der Waals surface area contributed by atoms with Crippen molar-refractivity contribution in [1.82, 2.24) is 0 Å². The van der Waals surface area contributed by atoms with Gasteiger partial charge in [0, 0.05) is 12.8 Å². The van der Waals surface area contributed by atoms with Gasteiger partial charge in [-0.25, -0.2) is 0 Å². The number of aliphatic hydroxyl groups is 1. The molecule has 0 heterocycles. The fourth-order valence-electron chi connectivity index (χ4n) is 4.33. The molecule has 3 heteroatoms. The molecule has 0 spiro atoms. The Kier molecular flexibility index (Phi) is 15.9. The molecule has 0 unspecified atom stereocenters. The normalized spacial score (nSPS) is 10.1. The van der Waals surface area contributed by atoms with Crippen molar-refractivity contribution in [3.63, 3.8) is 0 Å². The van der Waals surface area contributed by atoms with Crippen molar-refractivity contribution in [2.45, 2.75) is 13.3 Å². The highest BCUT2D eigenvalue weighted by Gasteiger charge is 2.05. The number of anilines is 1. The van der Waals surface area contributed by atoms with Crippen LogP contribution < -0.4 is 11.2 Å². The molecule has 2 radical (unpaired) electrons. The minimum absolute atomic E-state index is 0.779. The van der Waals surface area contributed by atoms with E-state index in [1.54, 1.807) is 0 Å². The molecular formula is C41H42BNO. The fourth-order valence-corrected chi connectivity index (χ4v) is 4.33. The first-order valence-corrected chi connectivity index (χ1v) is 14.4. The molecule has 0 aliphatic rings. The summed E-state index contributed by atoms with van der Waals surface area (Å²) < 4.78 is 0. The number of rotatable bonds is 7. The van der Waals surface area contributed by atoms with Crippen LogP contribution in [0.2, 0.25) is 0 Å². The molecule has 2 nitrogen and oxygen atoms in total. The van der Waals surface area contributed by atoms with Crippen LogP contribution in [0.4, 0.5) is 5.69 Å².